The van der Waals surface area contributed by atoms with Gasteiger partial charge in [-0.3, -0.25) is 9.69 Å². The van der Waals surface area contributed by atoms with Crippen LogP contribution in [-0.4, -0.2) is 75.4 Å². The third-order valence-electron chi connectivity index (χ3n) is 5.56. The Bertz CT molecular complexity index is 1230. The number of ether oxygens (including phenoxy) is 1. The van der Waals surface area contributed by atoms with Gasteiger partial charge in [-0.2, -0.15) is 0 Å². The molecular formula is C24H33ClN4O4S2. The van der Waals surface area contributed by atoms with Gasteiger partial charge in [0.2, 0.25) is 10.0 Å². The van der Waals surface area contributed by atoms with Crippen molar-refractivity contribution in [2.24, 2.45) is 0 Å². The minimum Gasteiger partial charge on any atom is -0.492 e. The average Bonchev–Trinajstić information content (AvgIpc) is 3.26. The summed E-state index contributed by atoms with van der Waals surface area (Å²) in [5, 5.41) is 0.587. The highest BCUT2D eigenvalue weighted by Crippen LogP contribution is 2.35. The first-order valence-electron chi connectivity index (χ1n) is 11.3. The normalized spacial score (nSPS) is 11.6. The number of carbonyl (C=O) groups is 1. The van der Waals surface area contributed by atoms with Crippen LogP contribution in [-0.2, 0) is 10.0 Å². The van der Waals surface area contributed by atoms with E-state index < -0.39 is 10.0 Å². The highest BCUT2D eigenvalue weighted by molar-refractivity contribution is 7.89. The molecule has 2 aromatic carbocycles. The van der Waals surface area contributed by atoms with Crippen LogP contribution in [0, 0.1) is 0 Å². The molecule has 0 bridgehead atoms. The lowest BCUT2D eigenvalue weighted by Gasteiger charge is -2.25. The Kier molecular flexibility index (Phi) is 10.5. The van der Waals surface area contributed by atoms with E-state index >= 15 is 0 Å². The molecule has 0 unspecified atom stereocenters. The number of nitrogens with zero attached hydrogens (tertiary/aromatic N) is 4. The Morgan fingerprint density at radius 2 is 1.66 bits per heavy atom. The van der Waals surface area contributed by atoms with Crippen molar-refractivity contribution in [2.75, 3.05) is 51.8 Å². The van der Waals surface area contributed by atoms with Gasteiger partial charge in [-0.25, -0.2) is 17.7 Å². The second kappa shape index (κ2) is 12.6. The van der Waals surface area contributed by atoms with E-state index in [1.165, 1.54) is 37.6 Å². The van der Waals surface area contributed by atoms with Gasteiger partial charge in [0.25, 0.3) is 5.91 Å². The van der Waals surface area contributed by atoms with Crippen LogP contribution >= 0.6 is 23.7 Å². The Hall–Kier alpha value is -2.24. The number of rotatable bonds is 11. The van der Waals surface area contributed by atoms with Crippen molar-refractivity contribution in [3.8, 4) is 5.75 Å². The van der Waals surface area contributed by atoms with Crippen LogP contribution in [0.25, 0.3) is 10.2 Å². The second-order valence-corrected chi connectivity index (χ2v) is 11.0. The van der Waals surface area contributed by atoms with Crippen LogP contribution in [0.4, 0.5) is 5.13 Å². The van der Waals surface area contributed by atoms with E-state index in [-0.39, 0.29) is 23.2 Å². The molecule has 0 atom stereocenters. The Labute approximate surface area is 218 Å². The van der Waals surface area contributed by atoms with Gasteiger partial charge in [-0.15, -0.1) is 12.4 Å². The number of hydrogen-bond acceptors (Lipinski definition) is 7. The number of anilines is 1. The number of aromatic nitrogens is 1. The number of sulfonamides is 1. The summed E-state index contributed by atoms with van der Waals surface area (Å²) < 4.78 is 32.6. The molecule has 0 saturated heterocycles. The summed E-state index contributed by atoms with van der Waals surface area (Å²) in [7, 11) is -0.612. The summed E-state index contributed by atoms with van der Waals surface area (Å²) in [6.45, 7) is 9.54. The molecule has 11 heteroatoms. The van der Waals surface area contributed by atoms with E-state index in [1.54, 1.807) is 17.0 Å². The average molecular weight is 541 g/mol. The maximum atomic E-state index is 13.6. The molecule has 0 saturated carbocycles. The number of likely N-dealkylation sites (N-methyl/N-ethyl adjacent to an activating group) is 1. The first-order chi connectivity index (χ1) is 16.2. The van der Waals surface area contributed by atoms with Gasteiger partial charge in [-0.1, -0.05) is 31.3 Å². The van der Waals surface area contributed by atoms with Crippen LogP contribution < -0.4 is 9.64 Å². The number of para-hydroxylation sites is 1. The van der Waals surface area contributed by atoms with Crippen LogP contribution in [0.2, 0.25) is 0 Å². The number of thiazole rings is 1. The van der Waals surface area contributed by atoms with Crippen LogP contribution in [0.15, 0.2) is 47.4 Å². The minimum absolute atomic E-state index is 0. The molecule has 0 aliphatic carbocycles. The molecule has 35 heavy (non-hydrogen) atoms. The maximum absolute atomic E-state index is 13.6. The van der Waals surface area contributed by atoms with Gasteiger partial charge in [0.05, 0.1) is 16.2 Å². The highest BCUT2D eigenvalue weighted by atomic mass is 35.5. The maximum Gasteiger partial charge on any atom is 0.260 e. The van der Waals surface area contributed by atoms with E-state index in [2.05, 4.69) is 18.7 Å². The first-order valence-corrected chi connectivity index (χ1v) is 13.6. The fourth-order valence-electron chi connectivity index (χ4n) is 3.50. The third-order valence-corrected chi connectivity index (χ3v) is 8.43. The topological polar surface area (TPSA) is 83.0 Å². The molecule has 0 fully saturated rings. The number of fused-ring (bicyclic) bond motifs is 1. The highest BCUT2D eigenvalue weighted by Gasteiger charge is 2.24. The minimum atomic E-state index is -3.57. The SMILES string of the molecule is CCOc1cccc2sc(N(CCN(CC)CC)C(=O)c3ccc(S(=O)(=O)N(C)C)cc3)nc12.Cl. The lowest BCUT2D eigenvalue weighted by molar-refractivity contribution is 0.0983. The molecule has 0 aliphatic heterocycles. The smallest absolute Gasteiger partial charge is 0.260 e. The predicted molar refractivity (Wildman–Crippen MR) is 145 cm³/mol. The molecule has 3 aromatic rings. The Morgan fingerprint density at radius 1 is 1.00 bits per heavy atom. The zero-order valence-electron chi connectivity index (χ0n) is 20.7. The number of carbonyl (C=O) groups excluding carboxylic acids is 1. The fraction of sp³-hybridized carbons (Fsp3) is 0.417. The van der Waals surface area contributed by atoms with Crippen LogP contribution in [0.3, 0.4) is 0 Å². The van der Waals surface area contributed by atoms with E-state index in [9.17, 15) is 13.2 Å². The number of benzene rings is 2. The third kappa shape index (κ3) is 6.50. The Morgan fingerprint density at radius 3 is 2.23 bits per heavy atom. The molecule has 8 nitrogen and oxygen atoms in total. The van der Waals surface area contributed by atoms with Crippen LogP contribution in [0.5, 0.6) is 5.75 Å². The van der Waals surface area contributed by atoms with Crippen molar-refractivity contribution in [1.82, 2.24) is 14.2 Å². The van der Waals surface area contributed by atoms with Gasteiger partial charge >= 0.3 is 0 Å². The van der Waals surface area contributed by atoms with Crippen molar-refractivity contribution in [2.45, 2.75) is 25.7 Å². The molecule has 0 spiro atoms. The molecule has 1 heterocycles. The van der Waals surface area contributed by atoms with Gasteiger partial charge in [-0.05, 0) is 56.4 Å². The molecule has 0 N–H and O–H groups in total. The molecule has 0 radical (unpaired) electrons. The van der Waals surface area contributed by atoms with Gasteiger partial charge in [0.1, 0.15) is 11.3 Å². The van der Waals surface area contributed by atoms with Crippen molar-refractivity contribution < 1.29 is 17.9 Å². The zero-order valence-corrected chi connectivity index (χ0v) is 23.2. The molecule has 3 rings (SSSR count). The Balaban J connectivity index is 0.00000432. The van der Waals surface area contributed by atoms with Crippen molar-refractivity contribution in [3.05, 3.63) is 48.0 Å². The fourth-order valence-corrected chi connectivity index (χ4v) is 5.41. The summed E-state index contributed by atoms with van der Waals surface area (Å²) in [6.07, 6.45) is 0. The van der Waals surface area contributed by atoms with E-state index in [4.69, 9.17) is 9.72 Å². The summed E-state index contributed by atoms with van der Waals surface area (Å²) in [4.78, 5) is 22.4. The van der Waals surface area contributed by atoms with Gasteiger partial charge in [0.15, 0.2) is 5.13 Å². The summed E-state index contributed by atoms with van der Waals surface area (Å²) in [6, 6.07) is 11.8. The number of halogens is 1. The van der Waals surface area contributed by atoms with Gasteiger partial charge in [0, 0.05) is 32.7 Å². The lowest BCUT2D eigenvalue weighted by atomic mass is 10.2. The zero-order chi connectivity index (χ0) is 24.9. The molecule has 1 amide bonds. The molecule has 1 aromatic heterocycles. The van der Waals surface area contributed by atoms with E-state index in [0.717, 1.165) is 27.6 Å². The standard InChI is InChI=1S/C24H32N4O4S2.ClH/c1-6-27(7-2)16-17-28(24-25-22-20(32-8-3)10-9-11-21(22)33-24)23(29)18-12-14-19(15-13-18)34(30,31)26(4)5;/h9-15H,6-8,16-17H2,1-5H3;1H. The summed E-state index contributed by atoms with van der Waals surface area (Å²) in [5.74, 6) is 0.467. The van der Waals surface area contributed by atoms with E-state index in [0.29, 0.717) is 36.1 Å². The largest absolute Gasteiger partial charge is 0.492 e. The van der Waals surface area contributed by atoms with Crippen molar-refractivity contribution >= 4 is 55.0 Å². The van der Waals surface area contributed by atoms with Crippen molar-refractivity contribution in [3.63, 3.8) is 0 Å². The molecular weight excluding hydrogens is 508 g/mol. The monoisotopic (exact) mass is 540 g/mol. The van der Waals surface area contributed by atoms with Crippen LogP contribution in [0.1, 0.15) is 31.1 Å². The quantitative estimate of drug-likeness (QED) is 0.359. The van der Waals surface area contributed by atoms with Gasteiger partial charge < -0.3 is 9.64 Å². The predicted octanol–water partition coefficient (Wildman–Crippen LogP) is 4.36. The molecule has 192 valence electrons. The van der Waals surface area contributed by atoms with Crippen molar-refractivity contribution in [1.29, 1.82) is 0 Å². The second-order valence-electron chi connectivity index (χ2n) is 7.83. The molecule has 0 aliphatic rings. The first kappa shape index (κ1) is 29.0. The lowest BCUT2D eigenvalue weighted by Crippen LogP contribution is -2.38. The van der Waals surface area contributed by atoms with E-state index in [1.807, 2.05) is 25.1 Å². The number of amides is 1. The summed E-state index contributed by atoms with van der Waals surface area (Å²) >= 11 is 1.44. The summed E-state index contributed by atoms with van der Waals surface area (Å²) in [5.41, 5.74) is 1.14. The number of hydrogen-bond donors (Lipinski definition) is 0.